The molecule has 1 aromatic rings. The Morgan fingerprint density at radius 2 is 1.94 bits per heavy atom. The van der Waals surface area contributed by atoms with E-state index in [1.807, 2.05) is 6.07 Å². The van der Waals surface area contributed by atoms with Crippen LogP contribution in [0, 0.1) is 5.92 Å². The first-order valence-corrected chi connectivity index (χ1v) is 12.4. The van der Waals surface area contributed by atoms with Crippen molar-refractivity contribution in [1.82, 2.24) is 9.80 Å². The zero-order valence-corrected chi connectivity index (χ0v) is 19.2. The molecule has 6 aliphatic rings. The van der Waals surface area contributed by atoms with Gasteiger partial charge in [0.25, 0.3) is 11.8 Å². The maximum atomic E-state index is 12.7. The van der Waals surface area contributed by atoms with E-state index in [0.29, 0.717) is 43.1 Å². The number of piperidine rings is 1. The lowest BCUT2D eigenvalue weighted by Crippen LogP contribution is -2.78. The summed E-state index contributed by atoms with van der Waals surface area (Å²) in [4.78, 5) is 41.0. The number of hydrogen-bond acceptors (Lipinski definition) is 7. The summed E-state index contributed by atoms with van der Waals surface area (Å²) in [5.74, 6) is 0.418. The summed E-state index contributed by atoms with van der Waals surface area (Å²) in [6.07, 6.45) is 6.85. The molecule has 1 saturated heterocycles. The van der Waals surface area contributed by atoms with E-state index >= 15 is 0 Å². The van der Waals surface area contributed by atoms with E-state index in [9.17, 15) is 19.5 Å². The van der Waals surface area contributed by atoms with Crippen LogP contribution in [0.25, 0.3) is 0 Å². The van der Waals surface area contributed by atoms with E-state index in [4.69, 9.17) is 9.47 Å². The molecule has 3 fully saturated rings. The number of rotatable bonds is 4. The standard InChI is InChI=1S/C26H28N2O6/c1-14(29)33-18-5-4-16-12-19-26(32)9-8-17(28-20(30)6-7-21(28)31)24-25(26,22(16)23(18)34-24)10-11-27(19)13-15-2-3-15/h4-7,15,17,19,24,32H,2-3,8-13H2,1H3/t17-,19+,24+,25+,26-/m1/s1. The van der Waals surface area contributed by atoms with E-state index < -0.39 is 29.1 Å². The number of aliphatic hydroxyl groups is 1. The summed E-state index contributed by atoms with van der Waals surface area (Å²) in [7, 11) is 0. The third-order valence-corrected chi connectivity index (χ3v) is 9.14. The molecule has 2 bridgehead atoms. The summed E-state index contributed by atoms with van der Waals surface area (Å²) < 4.78 is 12.1. The van der Waals surface area contributed by atoms with Crippen LogP contribution in [0.2, 0.25) is 0 Å². The lowest BCUT2D eigenvalue weighted by Gasteiger charge is -2.64. The van der Waals surface area contributed by atoms with Gasteiger partial charge in [0, 0.05) is 37.2 Å². The Morgan fingerprint density at radius 1 is 1.18 bits per heavy atom. The number of imide groups is 1. The van der Waals surface area contributed by atoms with Gasteiger partial charge in [-0.3, -0.25) is 24.2 Å². The van der Waals surface area contributed by atoms with Crippen molar-refractivity contribution in [2.24, 2.45) is 5.92 Å². The Labute approximate surface area is 197 Å². The van der Waals surface area contributed by atoms with Crippen molar-refractivity contribution in [2.75, 3.05) is 13.1 Å². The molecule has 2 amide bonds. The lowest BCUT2D eigenvalue weighted by atomic mass is 9.48. The van der Waals surface area contributed by atoms with Crippen LogP contribution in [-0.4, -0.2) is 69.6 Å². The van der Waals surface area contributed by atoms with E-state index in [1.54, 1.807) is 6.07 Å². The first-order valence-electron chi connectivity index (χ1n) is 12.4. The molecule has 3 aliphatic heterocycles. The number of benzene rings is 1. The zero-order chi connectivity index (χ0) is 23.4. The molecular formula is C26H28N2O6. The largest absolute Gasteiger partial charge is 0.483 e. The van der Waals surface area contributed by atoms with E-state index in [-0.39, 0.29) is 17.9 Å². The molecule has 3 heterocycles. The minimum absolute atomic E-state index is 0.0463. The van der Waals surface area contributed by atoms with Crippen molar-refractivity contribution < 1.29 is 29.0 Å². The Bertz CT molecular complexity index is 1160. The van der Waals surface area contributed by atoms with Crippen LogP contribution in [0.1, 0.15) is 50.2 Å². The molecule has 1 aromatic carbocycles. The van der Waals surface area contributed by atoms with Crippen molar-refractivity contribution in [3.05, 3.63) is 35.4 Å². The number of nitrogens with zero attached hydrogens (tertiary/aromatic N) is 2. The first-order chi connectivity index (χ1) is 16.3. The minimum atomic E-state index is -1.05. The summed E-state index contributed by atoms with van der Waals surface area (Å²) in [5, 5.41) is 12.5. The van der Waals surface area contributed by atoms with E-state index in [2.05, 4.69) is 4.90 Å². The number of carbonyl (C=O) groups excluding carboxylic acids is 3. The van der Waals surface area contributed by atoms with Crippen LogP contribution >= 0.6 is 0 Å². The molecule has 1 spiro atoms. The summed E-state index contributed by atoms with van der Waals surface area (Å²) in [6.45, 7) is 3.18. The lowest BCUT2D eigenvalue weighted by molar-refractivity contribution is -0.201. The van der Waals surface area contributed by atoms with Gasteiger partial charge in [0.2, 0.25) is 0 Å². The maximum Gasteiger partial charge on any atom is 0.308 e. The molecule has 2 saturated carbocycles. The highest BCUT2D eigenvalue weighted by molar-refractivity contribution is 6.13. The molecule has 0 aromatic heterocycles. The normalized spacial score (nSPS) is 37.6. The second kappa shape index (κ2) is 6.70. The highest BCUT2D eigenvalue weighted by Gasteiger charge is 2.74. The molecule has 34 heavy (non-hydrogen) atoms. The average Bonchev–Trinajstić information content (AvgIpc) is 3.45. The fourth-order valence-corrected chi connectivity index (χ4v) is 7.68. The van der Waals surface area contributed by atoms with Gasteiger partial charge < -0.3 is 14.6 Å². The molecule has 0 radical (unpaired) electrons. The number of hydrogen-bond donors (Lipinski definition) is 1. The Balaban J connectivity index is 1.40. The number of ether oxygens (including phenoxy) is 2. The van der Waals surface area contributed by atoms with Crippen LogP contribution in [0.5, 0.6) is 11.5 Å². The summed E-state index contributed by atoms with van der Waals surface area (Å²) in [5.41, 5.74) is 0.204. The van der Waals surface area contributed by atoms with Crippen LogP contribution in [-0.2, 0) is 26.2 Å². The number of esters is 1. The Hall–Kier alpha value is -2.71. The zero-order valence-electron chi connectivity index (χ0n) is 19.2. The van der Waals surface area contributed by atoms with Gasteiger partial charge in [-0.1, -0.05) is 6.07 Å². The Kier molecular flexibility index (Phi) is 4.07. The monoisotopic (exact) mass is 464 g/mol. The van der Waals surface area contributed by atoms with E-state index in [0.717, 1.165) is 24.2 Å². The molecule has 3 aliphatic carbocycles. The average molecular weight is 465 g/mol. The minimum Gasteiger partial charge on any atom is -0.483 e. The second-order valence-corrected chi connectivity index (χ2v) is 10.8. The fraction of sp³-hybridized carbons (Fsp3) is 0.577. The number of amides is 2. The molecule has 0 unspecified atom stereocenters. The molecule has 5 atom stereocenters. The van der Waals surface area contributed by atoms with Crippen LogP contribution in [0.15, 0.2) is 24.3 Å². The summed E-state index contributed by atoms with van der Waals surface area (Å²) >= 11 is 0. The van der Waals surface area contributed by atoms with E-state index in [1.165, 1.54) is 36.8 Å². The highest BCUT2D eigenvalue weighted by Crippen LogP contribution is 2.66. The van der Waals surface area contributed by atoms with Gasteiger partial charge in [-0.15, -0.1) is 0 Å². The highest BCUT2D eigenvalue weighted by atomic mass is 16.6. The smallest absolute Gasteiger partial charge is 0.308 e. The van der Waals surface area contributed by atoms with Gasteiger partial charge in [0.15, 0.2) is 11.5 Å². The predicted octanol–water partition coefficient (Wildman–Crippen LogP) is 1.47. The fourth-order valence-electron chi connectivity index (χ4n) is 7.68. The summed E-state index contributed by atoms with van der Waals surface area (Å²) in [6, 6.07) is 3.23. The molecule has 178 valence electrons. The maximum absolute atomic E-state index is 12.7. The SMILES string of the molecule is CC(=O)Oc1ccc2c3c1O[C@H]1[C@H](N4C(=O)C=CC4=O)CC[C@@]4(O)[C@H](C2)N(CC2CC2)CC[C@]314. The van der Waals surface area contributed by atoms with Crippen molar-refractivity contribution in [3.8, 4) is 11.5 Å². The van der Waals surface area contributed by atoms with Crippen molar-refractivity contribution in [1.29, 1.82) is 0 Å². The van der Waals surface area contributed by atoms with Gasteiger partial charge in [-0.25, -0.2) is 0 Å². The van der Waals surface area contributed by atoms with Crippen molar-refractivity contribution in [2.45, 2.75) is 74.7 Å². The molecular weight excluding hydrogens is 436 g/mol. The molecule has 8 nitrogen and oxygen atoms in total. The topological polar surface area (TPSA) is 96.4 Å². The van der Waals surface area contributed by atoms with Gasteiger partial charge in [0.05, 0.1) is 17.1 Å². The third-order valence-electron chi connectivity index (χ3n) is 9.14. The van der Waals surface area contributed by atoms with Crippen molar-refractivity contribution >= 4 is 17.8 Å². The number of likely N-dealkylation sites (tertiary alicyclic amines) is 1. The van der Waals surface area contributed by atoms with Crippen LogP contribution < -0.4 is 9.47 Å². The molecule has 7 rings (SSSR count). The Morgan fingerprint density at radius 3 is 2.65 bits per heavy atom. The van der Waals surface area contributed by atoms with Gasteiger partial charge in [-0.05, 0) is 62.6 Å². The van der Waals surface area contributed by atoms with Crippen LogP contribution in [0.3, 0.4) is 0 Å². The predicted molar refractivity (Wildman–Crippen MR) is 119 cm³/mol. The molecule has 1 N–H and O–H groups in total. The second-order valence-electron chi connectivity index (χ2n) is 10.8. The molecule has 8 heteroatoms. The first kappa shape index (κ1) is 20.6. The van der Waals surface area contributed by atoms with Gasteiger partial charge in [0.1, 0.15) is 6.10 Å². The quantitative estimate of drug-likeness (QED) is 0.410. The van der Waals surface area contributed by atoms with Gasteiger partial charge in [-0.2, -0.15) is 0 Å². The third kappa shape index (κ3) is 2.48. The van der Waals surface area contributed by atoms with Crippen molar-refractivity contribution in [3.63, 3.8) is 0 Å². The van der Waals surface area contributed by atoms with Gasteiger partial charge >= 0.3 is 5.97 Å². The van der Waals surface area contributed by atoms with Crippen LogP contribution in [0.4, 0.5) is 0 Å². The number of carbonyl (C=O) groups is 3.